The van der Waals surface area contributed by atoms with Crippen LogP contribution in [0.25, 0.3) is 0 Å². The average Bonchev–Trinajstić information content (AvgIpc) is 2.64. The highest BCUT2D eigenvalue weighted by Gasteiger charge is 2.24. The molecule has 0 saturated carbocycles. The maximum Gasteiger partial charge on any atom is 0.251 e. The maximum atomic E-state index is 13.0. The number of halogens is 2. The van der Waals surface area contributed by atoms with Gasteiger partial charge in [0, 0.05) is 10.6 Å². The Morgan fingerprint density at radius 3 is 2.30 bits per heavy atom. The standard InChI is InChI=1S/C20H22ClFN2O3/c1-13(2)18(24-19(25)14-3-7-16(22)8-4-14)20(26)23-11-12-27-17-9-5-15(21)6-10-17/h3-10,13,18H,11-12H2,1-2H3,(H,23,26)(H,24,25). The molecule has 0 radical (unpaired) electrons. The zero-order chi connectivity index (χ0) is 19.8. The molecule has 0 saturated heterocycles. The Hall–Kier alpha value is -2.60. The van der Waals surface area contributed by atoms with E-state index in [2.05, 4.69) is 10.6 Å². The maximum absolute atomic E-state index is 13.0. The number of amides is 2. The van der Waals surface area contributed by atoms with E-state index < -0.39 is 17.8 Å². The van der Waals surface area contributed by atoms with E-state index in [9.17, 15) is 14.0 Å². The average molecular weight is 393 g/mol. The van der Waals surface area contributed by atoms with E-state index in [4.69, 9.17) is 16.3 Å². The molecule has 7 heteroatoms. The first-order valence-corrected chi connectivity index (χ1v) is 8.97. The van der Waals surface area contributed by atoms with Crippen molar-refractivity contribution in [3.05, 3.63) is 64.9 Å². The van der Waals surface area contributed by atoms with Crippen LogP contribution >= 0.6 is 11.6 Å². The van der Waals surface area contributed by atoms with Gasteiger partial charge < -0.3 is 15.4 Å². The lowest BCUT2D eigenvalue weighted by Crippen LogP contribution is -2.50. The number of carbonyl (C=O) groups is 2. The van der Waals surface area contributed by atoms with E-state index in [1.54, 1.807) is 24.3 Å². The van der Waals surface area contributed by atoms with Gasteiger partial charge in [-0.3, -0.25) is 9.59 Å². The van der Waals surface area contributed by atoms with E-state index in [0.717, 1.165) is 0 Å². The second-order valence-corrected chi connectivity index (χ2v) is 6.73. The third-order valence-corrected chi connectivity index (χ3v) is 4.08. The minimum Gasteiger partial charge on any atom is -0.492 e. The summed E-state index contributed by atoms with van der Waals surface area (Å²) in [5.41, 5.74) is 0.293. The zero-order valence-corrected chi connectivity index (χ0v) is 15.9. The Morgan fingerprint density at radius 1 is 1.07 bits per heavy atom. The molecular weight excluding hydrogens is 371 g/mol. The molecule has 5 nitrogen and oxygen atoms in total. The Morgan fingerprint density at radius 2 is 1.70 bits per heavy atom. The summed E-state index contributed by atoms with van der Waals surface area (Å²) in [5.74, 6) is -0.628. The summed E-state index contributed by atoms with van der Waals surface area (Å²) in [6.07, 6.45) is 0. The number of carbonyl (C=O) groups excluding carboxylic acids is 2. The molecule has 0 bridgehead atoms. The Labute approximate surface area is 162 Å². The van der Waals surface area contributed by atoms with Crippen molar-refractivity contribution < 1.29 is 18.7 Å². The summed E-state index contributed by atoms with van der Waals surface area (Å²) < 4.78 is 18.5. The minimum absolute atomic E-state index is 0.119. The van der Waals surface area contributed by atoms with Gasteiger partial charge >= 0.3 is 0 Å². The van der Waals surface area contributed by atoms with Crippen molar-refractivity contribution in [2.24, 2.45) is 5.92 Å². The molecule has 2 aromatic carbocycles. The first-order chi connectivity index (χ1) is 12.9. The number of benzene rings is 2. The smallest absolute Gasteiger partial charge is 0.251 e. The molecule has 1 atom stereocenters. The van der Waals surface area contributed by atoms with Crippen molar-refractivity contribution in [2.75, 3.05) is 13.2 Å². The normalized spacial score (nSPS) is 11.7. The lowest BCUT2D eigenvalue weighted by atomic mass is 10.0. The van der Waals surface area contributed by atoms with Crippen LogP contribution in [0.15, 0.2) is 48.5 Å². The molecule has 2 rings (SSSR count). The molecule has 0 aliphatic carbocycles. The van der Waals surface area contributed by atoms with Crippen molar-refractivity contribution in [3.63, 3.8) is 0 Å². The fourth-order valence-electron chi connectivity index (χ4n) is 2.34. The van der Waals surface area contributed by atoms with Gasteiger partial charge in [0.1, 0.15) is 24.2 Å². The fraction of sp³-hybridized carbons (Fsp3) is 0.300. The SMILES string of the molecule is CC(C)C(NC(=O)c1ccc(F)cc1)C(=O)NCCOc1ccc(Cl)cc1. The first-order valence-electron chi connectivity index (χ1n) is 8.59. The summed E-state index contributed by atoms with van der Waals surface area (Å²) >= 11 is 5.81. The molecule has 0 spiro atoms. The fourth-order valence-corrected chi connectivity index (χ4v) is 2.47. The number of hydrogen-bond donors (Lipinski definition) is 2. The summed E-state index contributed by atoms with van der Waals surface area (Å²) in [6.45, 7) is 4.24. The topological polar surface area (TPSA) is 67.4 Å². The molecule has 2 amide bonds. The molecule has 2 N–H and O–H groups in total. The van der Waals surface area contributed by atoms with Gasteiger partial charge in [-0.25, -0.2) is 4.39 Å². The van der Waals surface area contributed by atoms with Crippen LogP contribution in [-0.2, 0) is 4.79 Å². The van der Waals surface area contributed by atoms with Gasteiger partial charge in [0.2, 0.25) is 5.91 Å². The lowest BCUT2D eigenvalue weighted by molar-refractivity contribution is -0.124. The third-order valence-electron chi connectivity index (χ3n) is 3.83. The summed E-state index contributed by atoms with van der Waals surface area (Å²) in [4.78, 5) is 24.7. The Kier molecular flexibility index (Phi) is 7.61. The molecule has 0 aromatic heterocycles. The molecule has 144 valence electrons. The molecule has 2 aromatic rings. The van der Waals surface area contributed by atoms with E-state index >= 15 is 0 Å². The summed E-state index contributed by atoms with van der Waals surface area (Å²) in [5, 5.41) is 6.05. The van der Waals surface area contributed by atoms with Gasteiger partial charge in [-0.2, -0.15) is 0 Å². The first kappa shape index (κ1) is 20.7. The zero-order valence-electron chi connectivity index (χ0n) is 15.2. The van der Waals surface area contributed by atoms with Gasteiger partial charge in [0.15, 0.2) is 0 Å². The number of ether oxygens (including phenoxy) is 1. The molecule has 1 unspecified atom stereocenters. The van der Waals surface area contributed by atoms with Crippen molar-refractivity contribution in [1.82, 2.24) is 10.6 Å². The quantitative estimate of drug-likeness (QED) is 0.676. The van der Waals surface area contributed by atoms with Crippen LogP contribution in [-0.4, -0.2) is 31.0 Å². The van der Waals surface area contributed by atoms with Gasteiger partial charge in [-0.05, 0) is 54.4 Å². The third kappa shape index (κ3) is 6.57. The van der Waals surface area contributed by atoms with Gasteiger partial charge in [-0.15, -0.1) is 0 Å². The van der Waals surface area contributed by atoms with Crippen molar-refractivity contribution in [3.8, 4) is 5.75 Å². The second kappa shape index (κ2) is 9.92. The van der Waals surface area contributed by atoms with E-state index in [1.165, 1.54) is 24.3 Å². The molecule has 0 heterocycles. The van der Waals surface area contributed by atoms with Crippen LogP contribution in [0.3, 0.4) is 0 Å². The van der Waals surface area contributed by atoms with E-state index in [1.807, 2.05) is 13.8 Å². The minimum atomic E-state index is -0.710. The number of rotatable bonds is 8. The van der Waals surface area contributed by atoms with E-state index in [0.29, 0.717) is 16.3 Å². The van der Waals surface area contributed by atoms with Crippen LogP contribution in [0.2, 0.25) is 5.02 Å². The monoisotopic (exact) mass is 392 g/mol. The van der Waals surface area contributed by atoms with Crippen LogP contribution in [0.4, 0.5) is 4.39 Å². The van der Waals surface area contributed by atoms with Gasteiger partial charge in [0.25, 0.3) is 5.91 Å². The van der Waals surface area contributed by atoms with Crippen LogP contribution in [0, 0.1) is 11.7 Å². The summed E-state index contributed by atoms with van der Waals surface area (Å²) in [6, 6.07) is 11.4. The second-order valence-electron chi connectivity index (χ2n) is 6.30. The van der Waals surface area contributed by atoms with Gasteiger partial charge in [-0.1, -0.05) is 25.4 Å². The highest BCUT2D eigenvalue weighted by atomic mass is 35.5. The highest BCUT2D eigenvalue weighted by molar-refractivity contribution is 6.30. The largest absolute Gasteiger partial charge is 0.492 e. The number of hydrogen-bond acceptors (Lipinski definition) is 3. The molecule has 0 aliphatic rings. The van der Waals surface area contributed by atoms with E-state index in [-0.39, 0.29) is 25.0 Å². The molecule has 0 aliphatic heterocycles. The Balaban J connectivity index is 1.84. The molecule has 27 heavy (non-hydrogen) atoms. The number of nitrogens with one attached hydrogen (secondary N) is 2. The predicted molar refractivity (Wildman–Crippen MR) is 102 cm³/mol. The van der Waals surface area contributed by atoms with Crippen LogP contribution < -0.4 is 15.4 Å². The Bertz CT molecular complexity index is 764. The van der Waals surface area contributed by atoms with Crippen molar-refractivity contribution in [2.45, 2.75) is 19.9 Å². The van der Waals surface area contributed by atoms with Crippen molar-refractivity contribution in [1.29, 1.82) is 0 Å². The van der Waals surface area contributed by atoms with Crippen molar-refractivity contribution >= 4 is 23.4 Å². The lowest BCUT2D eigenvalue weighted by Gasteiger charge is -2.21. The van der Waals surface area contributed by atoms with Crippen LogP contribution in [0.5, 0.6) is 5.75 Å². The van der Waals surface area contributed by atoms with Crippen LogP contribution in [0.1, 0.15) is 24.2 Å². The molecule has 0 fully saturated rings. The molecular formula is C20H22ClFN2O3. The predicted octanol–water partition coefficient (Wildman–Crippen LogP) is 3.43. The highest BCUT2D eigenvalue weighted by Crippen LogP contribution is 2.15. The van der Waals surface area contributed by atoms with Gasteiger partial charge in [0.05, 0.1) is 6.54 Å². The summed E-state index contributed by atoms with van der Waals surface area (Å²) in [7, 11) is 0.